The number of aromatic nitrogens is 1. The number of pyridine rings is 1. The molecule has 0 saturated carbocycles. The Morgan fingerprint density at radius 3 is 2.00 bits per heavy atom. The molecule has 2 aromatic carbocycles. The first-order chi connectivity index (χ1) is 10.2. The lowest BCUT2D eigenvalue weighted by molar-refractivity contribution is -0.140. The zero-order chi connectivity index (χ0) is 16.1. The van der Waals surface area contributed by atoms with Crippen molar-refractivity contribution in [3.8, 4) is 0 Å². The number of hydrogen-bond donors (Lipinski definition) is 0. The molecule has 0 fully saturated rings. The average Bonchev–Trinajstić information content (AvgIpc) is 2.44. The van der Waals surface area contributed by atoms with Crippen LogP contribution in [-0.4, -0.2) is 4.98 Å². The summed E-state index contributed by atoms with van der Waals surface area (Å²) in [5.74, 6) is 0. The molecule has 0 aliphatic heterocycles. The van der Waals surface area contributed by atoms with Gasteiger partial charge in [-0.25, -0.2) is 4.98 Å². The van der Waals surface area contributed by atoms with Crippen molar-refractivity contribution in [3.63, 3.8) is 0 Å². The van der Waals surface area contributed by atoms with E-state index in [4.69, 9.17) is 0 Å². The maximum absolute atomic E-state index is 13.1. The van der Waals surface area contributed by atoms with Gasteiger partial charge in [-0.2, -0.15) is 26.3 Å². The van der Waals surface area contributed by atoms with Crippen molar-refractivity contribution in [2.45, 2.75) is 12.4 Å². The number of halogens is 6. The Labute approximate surface area is 120 Å². The van der Waals surface area contributed by atoms with Crippen LogP contribution in [0.1, 0.15) is 11.3 Å². The fourth-order valence-electron chi connectivity index (χ4n) is 2.35. The van der Waals surface area contributed by atoms with Crippen LogP contribution in [0.15, 0.2) is 42.5 Å². The molecule has 1 heterocycles. The molecule has 7 heteroatoms. The molecule has 0 atom stereocenters. The summed E-state index contributed by atoms with van der Waals surface area (Å²) >= 11 is 0. The van der Waals surface area contributed by atoms with Gasteiger partial charge in [0.15, 0.2) is 5.69 Å². The SMILES string of the molecule is FC(F)(F)c1ccc2c(c1)c(C(F)(F)F)nc1ccccc12. The van der Waals surface area contributed by atoms with Gasteiger partial charge >= 0.3 is 12.4 Å². The Kier molecular flexibility index (Phi) is 3.05. The van der Waals surface area contributed by atoms with Crippen LogP contribution in [0.2, 0.25) is 0 Å². The van der Waals surface area contributed by atoms with Crippen LogP contribution < -0.4 is 0 Å². The lowest BCUT2D eigenvalue weighted by Crippen LogP contribution is -2.11. The van der Waals surface area contributed by atoms with E-state index in [2.05, 4.69) is 4.98 Å². The molecule has 0 spiro atoms. The summed E-state index contributed by atoms with van der Waals surface area (Å²) in [5.41, 5.74) is -2.36. The highest BCUT2D eigenvalue weighted by Gasteiger charge is 2.37. The Morgan fingerprint density at radius 2 is 1.36 bits per heavy atom. The van der Waals surface area contributed by atoms with Crippen molar-refractivity contribution in [1.82, 2.24) is 4.98 Å². The van der Waals surface area contributed by atoms with E-state index in [1.54, 1.807) is 6.07 Å². The second-order valence-electron chi connectivity index (χ2n) is 4.73. The van der Waals surface area contributed by atoms with Gasteiger partial charge in [-0.05, 0) is 23.6 Å². The zero-order valence-corrected chi connectivity index (χ0v) is 10.8. The van der Waals surface area contributed by atoms with Crippen LogP contribution >= 0.6 is 0 Å². The highest BCUT2D eigenvalue weighted by molar-refractivity contribution is 6.07. The van der Waals surface area contributed by atoms with Crippen LogP contribution in [0.3, 0.4) is 0 Å². The minimum atomic E-state index is -4.84. The molecule has 0 aliphatic rings. The summed E-state index contributed by atoms with van der Waals surface area (Å²) in [4.78, 5) is 3.51. The zero-order valence-electron chi connectivity index (χ0n) is 10.8. The van der Waals surface area contributed by atoms with E-state index in [1.165, 1.54) is 18.2 Å². The molecule has 0 radical (unpaired) electrons. The smallest absolute Gasteiger partial charge is 0.243 e. The number of rotatable bonds is 0. The number of alkyl halides is 6. The second kappa shape index (κ2) is 4.59. The minimum Gasteiger partial charge on any atom is -0.243 e. The van der Waals surface area contributed by atoms with E-state index in [9.17, 15) is 26.3 Å². The van der Waals surface area contributed by atoms with Crippen molar-refractivity contribution in [2.24, 2.45) is 0 Å². The first-order valence-electron chi connectivity index (χ1n) is 6.15. The summed E-state index contributed by atoms with van der Waals surface area (Å²) in [6, 6.07) is 8.35. The highest BCUT2D eigenvalue weighted by Crippen LogP contribution is 2.39. The number of hydrogen-bond acceptors (Lipinski definition) is 1. The van der Waals surface area contributed by atoms with E-state index >= 15 is 0 Å². The molecule has 0 aliphatic carbocycles. The van der Waals surface area contributed by atoms with Gasteiger partial charge in [0.1, 0.15) is 0 Å². The van der Waals surface area contributed by atoms with Crippen molar-refractivity contribution in [1.29, 1.82) is 0 Å². The van der Waals surface area contributed by atoms with Gasteiger partial charge in [-0.15, -0.1) is 0 Å². The molecule has 0 bridgehead atoms. The average molecular weight is 315 g/mol. The Hall–Kier alpha value is -2.31. The molecule has 0 saturated heterocycles. The van der Waals surface area contributed by atoms with Crippen molar-refractivity contribution >= 4 is 21.7 Å². The number of para-hydroxylation sites is 1. The predicted molar refractivity (Wildman–Crippen MR) is 69.3 cm³/mol. The minimum absolute atomic E-state index is 0.0853. The number of fused-ring (bicyclic) bond motifs is 3. The molecule has 0 N–H and O–H groups in total. The second-order valence-corrected chi connectivity index (χ2v) is 4.73. The van der Waals surface area contributed by atoms with E-state index in [1.807, 2.05) is 0 Å². The molecule has 22 heavy (non-hydrogen) atoms. The van der Waals surface area contributed by atoms with Crippen molar-refractivity contribution < 1.29 is 26.3 Å². The van der Waals surface area contributed by atoms with Crippen LogP contribution in [0.5, 0.6) is 0 Å². The van der Waals surface area contributed by atoms with Gasteiger partial charge in [0, 0.05) is 10.8 Å². The Balaban J connectivity index is 2.47. The predicted octanol–water partition coefficient (Wildman–Crippen LogP) is 5.43. The standard InChI is InChI=1S/C15H7F6N/c16-14(17,18)8-5-6-9-10-3-1-2-4-12(10)22-13(11(9)7-8)15(19,20)21/h1-7H. The largest absolute Gasteiger partial charge is 0.433 e. The van der Waals surface area contributed by atoms with Gasteiger partial charge in [0.2, 0.25) is 0 Å². The maximum Gasteiger partial charge on any atom is 0.433 e. The monoisotopic (exact) mass is 315 g/mol. The Bertz CT molecular complexity index is 863. The van der Waals surface area contributed by atoms with E-state index in [-0.39, 0.29) is 10.9 Å². The van der Waals surface area contributed by atoms with Gasteiger partial charge in [0.25, 0.3) is 0 Å². The van der Waals surface area contributed by atoms with Crippen molar-refractivity contribution in [3.05, 3.63) is 53.7 Å². The van der Waals surface area contributed by atoms with Gasteiger partial charge in [0.05, 0.1) is 11.1 Å². The lowest BCUT2D eigenvalue weighted by Gasteiger charge is -2.14. The molecular formula is C15H7F6N. The van der Waals surface area contributed by atoms with Crippen LogP contribution in [-0.2, 0) is 12.4 Å². The summed E-state index contributed by atoms with van der Waals surface area (Å²) < 4.78 is 77.7. The van der Waals surface area contributed by atoms with Gasteiger partial charge in [-0.1, -0.05) is 24.3 Å². The molecule has 3 rings (SSSR count). The highest BCUT2D eigenvalue weighted by atomic mass is 19.4. The third-order valence-corrected chi connectivity index (χ3v) is 3.30. The maximum atomic E-state index is 13.1. The summed E-state index contributed by atoms with van der Waals surface area (Å²) in [6.07, 6.45) is -9.56. The van der Waals surface area contributed by atoms with E-state index < -0.39 is 29.0 Å². The molecule has 1 nitrogen and oxygen atoms in total. The summed E-state index contributed by atoms with van der Waals surface area (Å²) in [7, 11) is 0. The third-order valence-electron chi connectivity index (χ3n) is 3.30. The van der Waals surface area contributed by atoms with E-state index in [0.717, 1.165) is 12.1 Å². The van der Waals surface area contributed by atoms with Crippen LogP contribution in [0.25, 0.3) is 21.7 Å². The lowest BCUT2D eigenvalue weighted by atomic mass is 10.0. The van der Waals surface area contributed by atoms with Crippen LogP contribution in [0.4, 0.5) is 26.3 Å². The summed E-state index contributed by atoms with van der Waals surface area (Å²) in [5, 5.41) is -0.0915. The molecule has 1 aromatic heterocycles. The third kappa shape index (κ3) is 2.36. The van der Waals surface area contributed by atoms with Crippen LogP contribution in [0, 0.1) is 0 Å². The molecular weight excluding hydrogens is 308 g/mol. The quantitative estimate of drug-likeness (QED) is 0.398. The van der Waals surface area contributed by atoms with Gasteiger partial charge < -0.3 is 0 Å². The number of benzene rings is 2. The first-order valence-corrected chi connectivity index (χ1v) is 6.15. The Morgan fingerprint density at radius 1 is 0.682 bits per heavy atom. The summed E-state index contributed by atoms with van der Waals surface area (Å²) in [6.45, 7) is 0. The fourth-order valence-corrected chi connectivity index (χ4v) is 2.35. The fraction of sp³-hybridized carbons (Fsp3) is 0.133. The molecule has 0 unspecified atom stereocenters. The van der Waals surface area contributed by atoms with E-state index in [0.29, 0.717) is 11.5 Å². The normalized spacial score (nSPS) is 13.0. The molecule has 3 aromatic rings. The topological polar surface area (TPSA) is 12.9 Å². The van der Waals surface area contributed by atoms with Gasteiger partial charge in [-0.3, -0.25) is 0 Å². The first kappa shape index (κ1) is 14.6. The molecule has 0 amide bonds. The number of nitrogens with zero attached hydrogens (tertiary/aromatic N) is 1. The van der Waals surface area contributed by atoms with Crippen molar-refractivity contribution in [2.75, 3.05) is 0 Å². The molecule has 114 valence electrons.